The Morgan fingerprint density at radius 2 is 1.91 bits per heavy atom. The van der Waals surface area contributed by atoms with Gasteiger partial charge in [0, 0.05) is 19.3 Å². The maximum atomic E-state index is 9.45. The molecule has 0 radical (unpaired) electrons. The molecule has 22 heavy (non-hydrogen) atoms. The van der Waals surface area contributed by atoms with Gasteiger partial charge in [0.2, 0.25) is 0 Å². The van der Waals surface area contributed by atoms with Crippen molar-refractivity contribution in [1.82, 2.24) is 4.98 Å². The smallest absolute Gasteiger partial charge is 0.146 e. The summed E-state index contributed by atoms with van der Waals surface area (Å²) in [7, 11) is 2.01. The monoisotopic (exact) mass is 291 g/mol. The van der Waals surface area contributed by atoms with Gasteiger partial charge in [-0.1, -0.05) is 29.8 Å². The average Bonchev–Trinajstić information content (AvgIpc) is 2.55. The lowest BCUT2D eigenvalue weighted by Gasteiger charge is -2.23. The van der Waals surface area contributed by atoms with Crippen LogP contribution < -0.4 is 4.90 Å². The van der Waals surface area contributed by atoms with Crippen molar-refractivity contribution in [3.8, 4) is 6.07 Å². The molecule has 1 aliphatic rings. The van der Waals surface area contributed by atoms with E-state index in [-0.39, 0.29) is 0 Å². The molecule has 0 spiro atoms. The first kappa shape index (κ1) is 14.6. The molecule has 0 bridgehead atoms. The van der Waals surface area contributed by atoms with Crippen LogP contribution in [0.2, 0.25) is 0 Å². The summed E-state index contributed by atoms with van der Waals surface area (Å²) in [6.45, 7) is 2.85. The predicted molar refractivity (Wildman–Crippen MR) is 88.9 cm³/mol. The van der Waals surface area contributed by atoms with Crippen LogP contribution in [0.5, 0.6) is 0 Å². The molecule has 3 heteroatoms. The van der Waals surface area contributed by atoms with Gasteiger partial charge in [0.25, 0.3) is 0 Å². The molecule has 2 aromatic rings. The Morgan fingerprint density at radius 1 is 1.18 bits per heavy atom. The van der Waals surface area contributed by atoms with Crippen LogP contribution in [0, 0.1) is 18.3 Å². The fourth-order valence-electron chi connectivity index (χ4n) is 3.04. The van der Waals surface area contributed by atoms with Gasteiger partial charge in [-0.3, -0.25) is 0 Å². The highest BCUT2D eigenvalue weighted by atomic mass is 15.2. The topological polar surface area (TPSA) is 39.9 Å². The van der Waals surface area contributed by atoms with Crippen LogP contribution >= 0.6 is 0 Å². The van der Waals surface area contributed by atoms with E-state index in [4.69, 9.17) is 4.98 Å². The minimum absolute atomic E-state index is 0.690. The number of nitrogens with zero attached hydrogens (tertiary/aromatic N) is 3. The SMILES string of the molecule is Cc1ccc(CN(C)c2nc3c(cc2C#N)CCCC3)cc1. The van der Waals surface area contributed by atoms with E-state index in [1.807, 2.05) is 13.1 Å². The molecular weight excluding hydrogens is 270 g/mol. The summed E-state index contributed by atoms with van der Waals surface area (Å²) in [6.07, 6.45) is 4.50. The normalized spacial score (nSPS) is 13.3. The van der Waals surface area contributed by atoms with Gasteiger partial charge in [0.15, 0.2) is 0 Å². The standard InChI is InChI=1S/C19H21N3/c1-14-7-9-15(10-8-14)13-22(2)19-17(12-20)11-16-5-3-4-6-18(16)21-19/h7-11H,3-6,13H2,1-2H3. The lowest BCUT2D eigenvalue weighted by Crippen LogP contribution is -2.21. The second kappa shape index (κ2) is 6.19. The molecule has 0 unspecified atom stereocenters. The molecule has 3 nitrogen and oxygen atoms in total. The van der Waals surface area contributed by atoms with Crippen molar-refractivity contribution in [3.63, 3.8) is 0 Å². The molecule has 1 aromatic carbocycles. The number of benzene rings is 1. The molecule has 0 amide bonds. The Balaban J connectivity index is 1.89. The maximum absolute atomic E-state index is 9.45. The molecule has 3 rings (SSSR count). The van der Waals surface area contributed by atoms with E-state index in [1.54, 1.807) is 0 Å². The van der Waals surface area contributed by atoms with Gasteiger partial charge < -0.3 is 4.90 Å². The lowest BCUT2D eigenvalue weighted by atomic mass is 9.95. The molecule has 0 saturated carbocycles. The van der Waals surface area contributed by atoms with E-state index >= 15 is 0 Å². The van der Waals surface area contributed by atoms with Crippen molar-refractivity contribution in [2.24, 2.45) is 0 Å². The third-order valence-corrected chi connectivity index (χ3v) is 4.30. The number of hydrogen-bond donors (Lipinski definition) is 0. The zero-order chi connectivity index (χ0) is 15.5. The summed E-state index contributed by atoms with van der Waals surface area (Å²) >= 11 is 0. The number of anilines is 1. The van der Waals surface area contributed by atoms with Gasteiger partial charge in [-0.2, -0.15) is 5.26 Å². The second-order valence-corrected chi connectivity index (χ2v) is 6.13. The number of nitriles is 1. The van der Waals surface area contributed by atoms with Gasteiger partial charge >= 0.3 is 0 Å². The Hall–Kier alpha value is -2.34. The predicted octanol–water partition coefficient (Wildman–Crippen LogP) is 3.78. The van der Waals surface area contributed by atoms with E-state index < -0.39 is 0 Å². The zero-order valence-electron chi connectivity index (χ0n) is 13.3. The highest BCUT2D eigenvalue weighted by Crippen LogP contribution is 2.26. The summed E-state index contributed by atoms with van der Waals surface area (Å²) in [5.41, 5.74) is 5.62. The molecule has 0 N–H and O–H groups in total. The highest BCUT2D eigenvalue weighted by molar-refractivity contribution is 5.56. The number of aromatic nitrogens is 1. The summed E-state index contributed by atoms with van der Waals surface area (Å²) < 4.78 is 0. The number of aryl methyl sites for hydroxylation is 3. The highest BCUT2D eigenvalue weighted by Gasteiger charge is 2.17. The summed E-state index contributed by atoms with van der Waals surface area (Å²) in [4.78, 5) is 6.88. The number of fused-ring (bicyclic) bond motifs is 1. The third kappa shape index (κ3) is 2.96. The fraction of sp³-hybridized carbons (Fsp3) is 0.368. The van der Waals surface area contributed by atoms with Crippen LogP contribution in [0.15, 0.2) is 30.3 Å². The van der Waals surface area contributed by atoms with Crippen molar-refractivity contribution in [3.05, 3.63) is 58.3 Å². The molecule has 112 valence electrons. The van der Waals surface area contributed by atoms with Gasteiger partial charge in [0.1, 0.15) is 11.9 Å². The Morgan fingerprint density at radius 3 is 2.64 bits per heavy atom. The zero-order valence-corrected chi connectivity index (χ0v) is 13.3. The summed E-state index contributed by atoms with van der Waals surface area (Å²) in [5.74, 6) is 0.809. The van der Waals surface area contributed by atoms with Crippen molar-refractivity contribution in [1.29, 1.82) is 5.26 Å². The number of pyridine rings is 1. The van der Waals surface area contributed by atoms with Crippen LogP contribution in [-0.2, 0) is 19.4 Å². The Labute approximate surface area is 132 Å². The van der Waals surface area contributed by atoms with E-state index in [0.717, 1.165) is 25.2 Å². The van der Waals surface area contributed by atoms with Crippen molar-refractivity contribution in [2.45, 2.75) is 39.2 Å². The van der Waals surface area contributed by atoms with Crippen LogP contribution in [0.3, 0.4) is 0 Å². The first-order chi connectivity index (χ1) is 10.7. The lowest BCUT2D eigenvalue weighted by molar-refractivity contribution is 0.665. The van der Waals surface area contributed by atoms with Crippen LogP contribution in [0.1, 0.15) is 40.8 Å². The molecule has 0 atom stereocenters. The largest absolute Gasteiger partial charge is 0.354 e. The molecule has 0 aliphatic heterocycles. The van der Waals surface area contributed by atoms with Crippen LogP contribution in [0.25, 0.3) is 0 Å². The Bertz CT molecular complexity index is 711. The quantitative estimate of drug-likeness (QED) is 0.864. The van der Waals surface area contributed by atoms with Gasteiger partial charge in [-0.15, -0.1) is 0 Å². The second-order valence-electron chi connectivity index (χ2n) is 6.13. The minimum Gasteiger partial charge on any atom is -0.354 e. The molecule has 1 aromatic heterocycles. The van der Waals surface area contributed by atoms with E-state index in [2.05, 4.69) is 42.2 Å². The fourth-order valence-corrected chi connectivity index (χ4v) is 3.04. The summed E-state index contributed by atoms with van der Waals surface area (Å²) in [6, 6.07) is 12.9. The van der Waals surface area contributed by atoms with E-state index in [1.165, 1.54) is 35.2 Å². The average molecular weight is 291 g/mol. The van der Waals surface area contributed by atoms with Gasteiger partial charge in [0.05, 0.1) is 5.56 Å². The van der Waals surface area contributed by atoms with Crippen molar-refractivity contribution in [2.75, 3.05) is 11.9 Å². The third-order valence-electron chi connectivity index (χ3n) is 4.30. The molecule has 1 aliphatic carbocycles. The van der Waals surface area contributed by atoms with E-state index in [0.29, 0.717) is 5.56 Å². The molecule has 1 heterocycles. The molecular formula is C19H21N3. The molecule has 0 fully saturated rings. The number of rotatable bonds is 3. The molecule has 0 saturated heterocycles. The maximum Gasteiger partial charge on any atom is 0.146 e. The van der Waals surface area contributed by atoms with Crippen LogP contribution in [0.4, 0.5) is 5.82 Å². The number of hydrogen-bond acceptors (Lipinski definition) is 3. The van der Waals surface area contributed by atoms with Crippen molar-refractivity contribution >= 4 is 5.82 Å². The van der Waals surface area contributed by atoms with Crippen molar-refractivity contribution < 1.29 is 0 Å². The minimum atomic E-state index is 0.690. The first-order valence-corrected chi connectivity index (χ1v) is 7.87. The van der Waals surface area contributed by atoms with Gasteiger partial charge in [-0.05, 0) is 49.8 Å². The van der Waals surface area contributed by atoms with E-state index in [9.17, 15) is 5.26 Å². The van der Waals surface area contributed by atoms with Gasteiger partial charge in [-0.25, -0.2) is 4.98 Å². The first-order valence-electron chi connectivity index (χ1n) is 7.87. The van der Waals surface area contributed by atoms with Crippen LogP contribution in [-0.4, -0.2) is 12.0 Å². The Kier molecular flexibility index (Phi) is 4.11. The summed E-state index contributed by atoms with van der Waals surface area (Å²) in [5, 5.41) is 9.45.